The van der Waals surface area contributed by atoms with Crippen LogP contribution in [0, 0.1) is 23.7 Å². The lowest BCUT2D eigenvalue weighted by Crippen LogP contribution is -2.34. The Morgan fingerprint density at radius 3 is 2.90 bits per heavy atom. The van der Waals surface area contributed by atoms with E-state index < -0.39 is 5.41 Å². The van der Waals surface area contributed by atoms with E-state index in [9.17, 15) is 9.59 Å². The maximum Gasteiger partial charge on any atom is 0.234 e. The maximum absolute atomic E-state index is 11.9. The monoisotopic (exact) mass is 272 g/mol. The van der Waals surface area contributed by atoms with Crippen molar-refractivity contribution in [3.63, 3.8) is 0 Å². The van der Waals surface area contributed by atoms with E-state index in [-0.39, 0.29) is 11.8 Å². The van der Waals surface area contributed by atoms with Crippen molar-refractivity contribution in [2.24, 2.45) is 5.41 Å². The number of amides is 2. The molecule has 1 atom stereocenters. The second-order valence-electron chi connectivity index (χ2n) is 5.74. The summed E-state index contributed by atoms with van der Waals surface area (Å²) in [6.45, 7) is 3.94. The van der Waals surface area contributed by atoms with E-state index >= 15 is 0 Å². The lowest BCUT2D eigenvalue weighted by atomic mass is 9.85. The van der Waals surface area contributed by atoms with Crippen LogP contribution in [0.5, 0.6) is 0 Å². The van der Waals surface area contributed by atoms with Crippen LogP contribution in [0.25, 0.3) is 0 Å². The molecule has 2 fully saturated rings. The number of likely N-dealkylation sites (tertiary alicyclic amines) is 1. The number of rotatable bonds is 2. The number of imide groups is 1. The highest BCUT2D eigenvalue weighted by atomic mass is 16.2. The Bertz CT molecular complexity index is 628. The largest absolute Gasteiger partial charge is 0.360 e. The minimum atomic E-state index is -0.531. The Kier molecular flexibility index (Phi) is 2.87. The normalized spacial score (nSPS) is 26.2. The number of carbonyl (C=O) groups is 2. The first kappa shape index (κ1) is 12.9. The molecule has 2 aliphatic heterocycles. The number of nitriles is 1. The van der Waals surface area contributed by atoms with Crippen LogP contribution in [0.4, 0.5) is 0 Å². The van der Waals surface area contributed by atoms with Gasteiger partial charge in [-0.1, -0.05) is 0 Å². The molecular weight excluding hydrogens is 256 g/mol. The van der Waals surface area contributed by atoms with Gasteiger partial charge in [-0.2, -0.15) is 5.26 Å². The molecule has 3 rings (SSSR count). The van der Waals surface area contributed by atoms with E-state index in [1.807, 2.05) is 13.0 Å². The van der Waals surface area contributed by atoms with Gasteiger partial charge in [-0.05, 0) is 26.0 Å². The average Bonchev–Trinajstić information content (AvgIpc) is 3.01. The Morgan fingerprint density at radius 2 is 2.30 bits per heavy atom. The van der Waals surface area contributed by atoms with Gasteiger partial charge < -0.3 is 4.98 Å². The standard InChI is InChI=1S/C14H16N4O2/c1-9-10(6-15)4-11(16-9)7-18-3-2-14(8-18)5-12(19)17-13(14)20/h4,16H,2-3,5,7-8H2,1H3,(H,17,19,20)/t14-/m0/s1. The molecule has 0 saturated carbocycles. The first-order valence-electron chi connectivity index (χ1n) is 6.68. The second kappa shape index (κ2) is 4.46. The number of hydrogen-bond acceptors (Lipinski definition) is 4. The molecule has 0 bridgehead atoms. The van der Waals surface area contributed by atoms with Gasteiger partial charge in [0.15, 0.2) is 0 Å². The highest BCUT2D eigenvalue weighted by Gasteiger charge is 2.50. The Morgan fingerprint density at radius 1 is 1.50 bits per heavy atom. The van der Waals surface area contributed by atoms with Crippen LogP contribution in [-0.2, 0) is 16.1 Å². The number of nitrogens with one attached hydrogen (secondary N) is 2. The number of carbonyl (C=O) groups excluding carboxylic acids is 2. The molecular formula is C14H16N4O2. The summed E-state index contributed by atoms with van der Waals surface area (Å²) in [7, 11) is 0. The van der Waals surface area contributed by atoms with E-state index in [0.29, 0.717) is 25.1 Å². The van der Waals surface area contributed by atoms with Gasteiger partial charge in [0.2, 0.25) is 11.8 Å². The topological polar surface area (TPSA) is 89.0 Å². The van der Waals surface area contributed by atoms with Crippen molar-refractivity contribution in [3.8, 4) is 6.07 Å². The number of H-pyrrole nitrogens is 1. The van der Waals surface area contributed by atoms with E-state index in [4.69, 9.17) is 5.26 Å². The van der Waals surface area contributed by atoms with Crippen LogP contribution in [0.15, 0.2) is 6.07 Å². The van der Waals surface area contributed by atoms with Crippen molar-refractivity contribution in [2.75, 3.05) is 13.1 Å². The summed E-state index contributed by atoms with van der Waals surface area (Å²) in [5.41, 5.74) is 1.96. The smallest absolute Gasteiger partial charge is 0.234 e. The van der Waals surface area contributed by atoms with Crippen molar-refractivity contribution >= 4 is 11.8 Å². The molecule has 6 heteroatoms. The third-order valence-corrected chi connectivity index (χ3v) is 4.25. The van der Waals surface area contributed by atoms with E-state index in [1.54, 1.807) is 0 Å². The first-order chi connectivity index (χ1) is 9.52. The van der Waals surface area contributed by atoms with E-state index in [2.05, 4.69) is 21.3 Å². The van der Waals surface area contributed by atoms with E-state index in [0.717, 1.165) is 24.4 Å². The average molecular weight is 272 g/mol. The SMILES string of the molecule is Cc1[nH]c(CN2CC[C@]3(CC(=O)NC3=O)C2)cc1C#N. The number of hydrogen-bond donors (Lipinski definition) is 2. The van der Waals surface area contributed by atoms with Crippen LogP contribution in [0.3, 0.4) is 0 Å². The van der Waals surface area contributed by atoms with Crippen LogP contribution in [-0.4, -0.2) is 34.8 Å². The Labute approximate surface area is 116 Å². The quantitative estimate of drug-likeness (QED) is 0.764. The molecule has 1 spiro atoms. The fourth-order valence-electron chi connectivity index (χ4n) is 3.18. The Hall–Kier alpha value is -2.13. The minimum Gasteiger partial charge on any atom is -0.360 e. The Balaban J connectivity index is 1.70. The summed E-state index contributed by atoms with van der Waals surface area (Å²) in [5, 5.41) is 11.4. The molecule has 2 amide bonds. The molecule has 0 radical (unpaired) electrons. The predicted octanol–water partition coefficient (Wildman–Crippen LogP) is 0.433. The lowest BCUT2D eigenvalue weighted by Gasteiger charge is -2.19. The second-order valence-corrected chi connectivity index (χ2v) is 5.74. The van der Waals surface area contributed by atoms with Crippen LogP contribution < -0.4 is 5.32 Å². The molecule has 1 aromatic rings. The minimum absolute atomic E-state index is 0.134. The van der Waals surface area contributed by atoms with Crippen molar-refractivity contribution in [2.45, 2.75) is 26.3 Å². The molecule has 2 N–H and O–H groups in total. The third kappa shape index (κ3) is 2.00. The van der Waals surface area contributed by atoms with Gasteiger partial charge in [0.05, 0.1) is 11.0 Å². The summed E-state index contributed by atoms with van der Waals surface area (Å²) in [6, 6.07) is 3.99. The van der Waals surface area contributed by atoms with Gasteiger partial charge in [0.25, 0.3) is 0 Å². The van der Waals surface area contributed by atoms with Gasteiger partial charge in [0.1, 0.15) is 6.07 Å². The fraction of sp³-hybridized carbons (Fsp3) is 0.500. The molecule has 1 aromatic heterocycles. The molecule has 2 aliphatic rings. The zero-order chi connectivity index (χ0) is 14.3. The van der Waals surface area contributed by atoms with Gasteiger partial charge in [-0.25, -0.2) is 0 Å². The summed E-state index contributed by atoms with van der Waals surface area (Å²) < 4.78 is 0. The van der Waals surface area contributed by atoms with Crippen molar-refractivity contribution in [1.82, 2.24) is 15.2 Å². The molecule has 104 valence electrons. The van der Waals surface area contributed by atoms with Crippen LogP contribution in [0.2, 0.25) is 0 Å². The summed E-state index contributed by atoms with van der Waals surface area (Å²) in [4.78, 5) is 28.6. The van der Waals surface area contributed by atoms with Crippen molar-refractivity contribution < 1.29 is 9.59 Å². The number of nitrogens with zero attached hydrogens (tertiary/aromatic N) is 2. The summed E-state index contributed by atoms with van der Waals surface area (Å²) >= 11 is 0. The highest BCUT2D eigenvalue weighted by Crippen LogP contribution is 2.38. The highest BCUT2D eigenvalue weighted by molar-refractivity contribution is 6.06. The zero-order valence-electron chi connectivity index (χ0n) is 11.3. The van der Waals surface area contributed by atoms with Gasteiger partial charge in [-0.15, -0.1) is 0 Å². The molecule has 6 nitrogen and oxygen atoms in total. The van der Waals surface area contributed by atoms with Gasteiger partial charge >= 0.3 is 0 Å². The van der Waals surface area contributed by atoms with Crippen molar-refractivity contribution in [3.05, 3.63) is 23.0 Å². The fourth-order valence-corrected chi connectivity index (χ4v) is 3.18. The number of aromatic nitrogens is 1. The zero-order valence-corrected chi connectivity index (χ0v) is 11.3. The van der Waals surface area contributed by atoms with Crippen LogP contribution >= 0.6 is 0 Å². The van der Waals surface area contributed by atoms with Crippen LogP contribution in [0.1, 0.15) is 29.8 Å². The molecule has 0 aliphatic carbocycles. The van der Waals surface area contributed by atoms with E-state index in [1.165, 1.54) is 0 Å². The summed E-state index contributed by atoms with van der Waals surface area (Å²) in [5.74, 6) is -0.301. The number of aryl methyl sites for hydroxylation is 1. The molecule has 0 unspecified atom stereocenters. The molecule has 20 heavy (non-hydrogen) atoms. The van der Waals surface area contributed by atoms with Gasteiger partial charge in [-0.3, -0.25) is 19.8 Å². The molecule has 0 aromatic carbocycles. The third-order valence-electron chi connectivity index (χ3n) is 4.25. The van der Waals surface area contributed by atoms with Gasteiger partial charge in [0, 0.05) is 30.9 Å². The molecule has 3 heterocycles. The number of aromatic amines is 1. The lowest BCUT2D eigenvalue weighted by molar-refractivity contribution is -0.128. The predicted molar refractivity (Wildman–Crippen MR) is 70.3 cm³/mol. The first-order valence-corrected chi connectivity index (χ1v) is 6.68. The summed E-state index contributed by atoms with van der Waals surface area (Å²) in [6.07, 6.45) is 1.02. The maximum atomic E-state index is 11.9. The molecule has 2 saturated heterocycles. The van der Waals surface area contributed by atoms with Crippen molar-refractivity contribution in [1.29, 1.82) is 5.26 Å².